The van der Waals surface area contributed by atoms with Crippen LogP contribution in [0.2, 0.25) is 0 Å². The first-order valence-electron chi connectivity index (χ1n) is 12.4. The molecule has 3 aliphatic heterocycles. The number of nitrogens with one attached hydrogen (secondary N) is 2. The minimum absolute atomic E-state index is 0.0736. The summed E-state index contributed by atoms with van der Waals surface area (Å²) in [6, 6.07) is 6.20. The monoisotopic (exact) mass is 617 g/mol. The number of benzene rings is 1. The summed E-state index contributed by atoms with van der Waals surface area (Å²) in [6.07, 6.45) is 0. The molecule has 2 atom stereocenters. The number of esters is 1. The van der Waals surface area contributed by atoms with Gasteiger partial charge in [-0.15, -0.1) is 23.1 Å². The number of ether oxygens (including phenoxy) is 1. The summed E-state index contributed by atoms with van der Waals surface area (Å²) in [4.78, 5) is 63.4. The quantitative estimate of drug-likeness (QED) is 0.137. The Hall–Kier alpha value is -3.76. The van der Waals surface area contributed by atoms with Crippen LogP contribution in [0, 0.1) is 0 Å². The van der Waals surface area contributed by atoms with Gasteiger partial charge in [0, 0.05) is 11.1 Å². The summed E-state index contributed by atoms with van der Waals surface area (Å²) in [6.45, 7) is 5.27. The number of oxime groups is 1. The summed E-state index contributed by atoms with van der Waals surface area (Å²) >= 11 is 3.61. The number of carbonyl (C=O) groups excluding carboxylic acids is 4. The fourth-order valence-corrected chi connectivity index (χ4v) is 7.01. The number of anilines is 2. The van der Waals surface area contributed by atoms with E-state index < -0.39 is 34.8 Å². The fraction of sp³-hybridized carbons (Fsp3) is 0.360. The third-order valence-electron chi connectivity index (χ3n) is 6.07. The van der Waals surface area contributed by atoms with Gasteiger partial charge in [-0.25, -0.2) is 9.78 Å². The topological polar surface area (TPSA) is 169 Å². The van der Waals surface area contributed by atoms with E-state index in [1.165, 1.54) is 28.1 Å². The highest BCUT2D eigenvalue weighted by molar-refractivity contribution is 8.00. The lowest BCUT2D eigenvalue weighted by Crippen LogP contribution is -2.71. The third kappa shape index (κ3) is 5.71. The van der Waals surface area contributed by atoms with E-state index in [2.05, 4.69) is 20.2 Å². The lowest BCUT2D eigenvalue weighted by Gasteiger charge is -2.50. The van der Waals surface area contributed by atoms with Crippen molar-refractivity contribution in [2.24, 2.45) is 5.16 Å². The molecule has 0 aliphatic carbocycles. The predicted molar refractivity (Wildman–Crippen MR) is 157 cm³/mol. The van der Waals surface area contributed by atoms with Gasteiger partial charge in [-0.2, -0.15) is 0 Å². The van der Waals surface area contributed by atoms with Crippen LogP contribution in [0.4, 0.5) is 10.8 Å². The number of aromatic nitrogens is 1. The van der Waals surface area contributed by atoms with Gasteiger partial charge in [0.2, 0.25) is 0 Å². The number of β-lactam (4-membered cyclic amide) rings is 1. The van der Waals surface area contributed by atoms with Crippen molar-refractivity contribution in [1.29, 1.82) is 0 Å². The van der Waals surface area contributed by atoms with Crippen LogP contribution in [0.25, 0.3) is 0 Å². The molecule has 216 valence electrons. The fourth-order valence-electron chi connectivity index (χ4n) is 4.34. The van der Waals surface area contributed by atoms with Gasteiger partial charge in [0.1, 0.15) is 35.5 Å². The van der Waals surface area contributed by atoms with E-state index in [1.54, 1.807) is 38.3 Å². The maximum atomic E-state index is 13.5. The molecule has 1 fully saturated rings. The first kappa shape index (κ1) is 28.8. The molecule has 1 saturated heterocycles. The highest BCUT2D eigenvalue weighted by Crippen LogP contribution is 2.42. The van der Waals surface area contributed by atoms with Crippen molar-refractivity contribution in [3.8, 4) is 0 Å². The van der Waals surface area contributed by atoms with Crippen LogP contribution >= 0.6 is 35.2 Å². The summed E-state index contributed by atoms with van der Waals surface area (Å²) in [5.74, 6) is -1.75. The second-order valence-electron chi connectivity index (χ2n) is 10.1. The van der Waals surface area contributed by atoms with Crippen molar-refractivity contribution in [2.75, 3.05) is 29.9 Å². The Morgan fingerprint density at radius 2 is 2.02 bits per heavy atom. The van der Waals surface area contributed by atoms with Crippen molar-refractivity contribution in [3.05, 3.63) is 52.2 Å². The van der Waals surface area contributed by atoms with Crippen molar-refractivity contribution < 1.29 is 28.8 Å². The molecule has 0 radical (unpaired) electrons. The summed E-state index contributed by atoms with van der Waals surface area (Å²) in [7, 11) is 1.29. The molecule has 1 aromatic heterocycles. The van der Waals surface area contributed by atoms with Crippen molar-refractivity contribution in [2.45, 2.75) is 37.8 Å². The number of carbonyl (C=O) groups is 4. The smallest absolute Gasteiger partial charge is 0.355 e. The highest BCUT2D eigenvalue weighted by atomic mass is 32.2. The van der Waals surface area contributed by atoms with E-state index in [1.807, 2.05) is 12.1 Å². The molecule has 0 saturated carbocycles. The minimum Gasteiger partial charge on any atom is -0.455 e. The summed E-state index contributed by atoms with van der Waals surface area (Å²) in [5, 5.41) is 7.67. The molecule has 13 nitrogen and oxygen atoms in total. The Kier molecular flexibility index (Phi) is 7.89. The molecule has 4 heterocycles. The third-order valence-corrected chi connectivity index (χ3v) is 8.91. The van der Waals surface area contributed by atoms with E-state index in [-0.39, 0.29) is 34.7 Å². The van der Waals surface area contributed by atoms with Crippen LogP contribution in [0.15, 0.2) is 46.1 Å². The molecule has 16 heteroatoms. The minimum atomic E-state index is -0.941. The normalized spacial score (nSPS) is 20.5. The second-order valence-corrected chi connectivity index (χ2v) is 12.9. The number of thioether (sulfide) groups is 1. The lowest BCUT2D eigenvalue weighted by molar-refractivity contribution is -0.158. The number of thiazole rings is 1. The SMILES string of the molecule is CON=C(C(=O)N[C@@H]1C(=O)N2C(C(=O)OC(C)(C)C)=C(CN3SNc4ccccc4C3=O)CS[C@H]12)c1csc(N)n1. The standard InChI is InChI=1S/C25H27N7O6S3/c1-25(2,3)38-23(36)18-12(9-31-20(34)13-7-5-6-8-14(13)30-41-31)10-39-22-17(21(35)32(18)22)28-19(33)16(29-37-4)15-11-40-24(26)27-15/h5-8,11,17,22,30H,9-10H2,1-4H3,(H2,26,27)(H,28,33)/t17-,22-/m1/s1. The lowest BCUT2D eigenvalue weighted by atomic mass is 10.0. The van der Waals surface area contributed by atoms with Gasteiger partial charge < -0.3 is 25.3 Å². The number of nitrogens with two attached hydrogens (primary N) is 1. The van der Waals surface area contributed by atoms with Crippen LogP contribution in [-0.2, 0) is 24.0 Å². The molecular weight excluding hydrogens is 591 g/mol. The zero-order valence-electron chi connectivity index (χ0n) is 22.5. The maximum Gasteiger partial charge on any atom is 0.355 e. The molecule has 4 N–H and O–H groups in total. The largest absolute Gasteiger partial charge is 0.455 e. The number of hydrogen-bond donors (Lipinski definition) is 3. The first-order chi connectivity index (χ1) is 19.5. The molecule has 0 bridgehead atoms. The zero-order valence-corrected chi connectivity index (χ0v) is 24.9. The molecule has 5 rings (SSSR count). The average Bonchev–Trinajstić information content (AvgIpc) is 3.36. The van der Waals surface area contributed by atoms with Gasteiger partial charge in [0.15, 0.2) is 10.8 Å². The van der Waals surface area contributed by atoms with Crippen LogP contribution in [0.1, 0.15) is 36.8 Å². The van der Waals surface area contributed by atoms with E-state index in [0.717, 1.165) is 23.5 Å². The Morgan fingerprint density at radius 1 is 1.27 bits per heavy atom. The Balaban J connectivity index is 1.39. The van der Waals surface area contributed by atoms with Crippen molar-refractivity contribution in [1.82, 2.24) is 19.5 Å². The molecule has 41 heavy (non-hydrogen) atoms. The molecule has 2 aromatic rings. The van der Waals surface area contributed by atoms with Crippen LogP contribution < -0.4 is 15.8 Å². The van der Waals surface area contributed by atoms with E-state index in [4.69, 9.17) is 15.3 Å². The predicted octanol–water partition coefficient (Wildman–Crippen LogP) is 2.20. The van der Waals surface area contributed by atoms with Crippen molar-refractivity contribution in [3.63, 3.8) is 0 Å². The average molecular weight is 618 g/mol. The molecule has 3 aliphatic rings. The van der Waals surface area contributed by atoms with Gasteiger partial charge >= 0.3 is 5.97 Å². The number of fused-ring (bicyclic) bond motifs is 2. The van der Waals surface area contributed by atoms with Crippen LogP contribution in [-0.4, -0.2) is 80.0 Å². The number of hydrogen-bond acceptors (Lipinski definition) is 13. The number of nitrogens with zero attached hydrogens (tertiary/aromatic N) is 4. The number of rotatable bonds is 7. The van der Waals surface area contributed by atoms with E-state index >= 15 is 0 Å². The second kappa shape index (κ2) is 11.3. The molecule has 0 unspecified atom stereocenters. The molecule has 3 amide bonds. The van der Waals surface area contributed by atoms with Gasteiger partial charge in [-0.1, -0.05) is 17.3 Å². The summed E-state index contributed by atoms with van der Waals surface area (Å²) < 4.78 is 10.3. The van der Waals surface area contributed by atoms with E-state index in [9.17, 15) is 19.2 Å². The van der Waals surface area contributed by atoms with E-state index in [0.29, 0.717) is 22.6 Å². The number of nitrogen functional groups attached to an aromatic ring is 1. The Labute approximate surface area is 248 Å². The maximum absolute atomic E-state index is 13.5. The van der Waals surface area contributed by atoms with Gasteiger partial charge in [0.05, 0.1) is 29.9 Å². The van der Waals surface area contributed by atoms with Crippen LogP contribution in [0.5, 0.6) is 0 Å². The first-order valence-corrected chi connectivity index (χ1v) is 15.1. The summed E-state index contributed by atoms with van der Waals surface area (Å²) in [5.41, 5.74) is 6.78. The zero-order chi connectivity index (χ0) is 29.5. The van der Waals surface area contributed by atoms with Crippen molar-refractivity contribution >= 4 is 75.5 Å². The highest BCUT2D eigenvalue weighted by Gasteiger charge is 2.55. The number of para-hydroxylation sites is 1. The molecular formula is C25H27N7O6S3. The Bertz CT molecular complexity index is 1480. The Morgan fingerprint density at radius 3 is 2.71 bits per heavy atom. The van der Waals surface area contributed by atoms with Crippen LogP contribution in [0.3, 0.4) is 0 Å². The van der Waals surface area contributed by atoms with Gasteiger partial charge in [0.25, 0.3) is 17.7 Å². The van der Waals surface area contributed by atoms with Gasteiger partial charge in [-0.05, 0) is 38.5 Å². The number of amides is 3. The molecule has 0 spiro atoms. The van der Waals surface area contributed by atoms with Gasteiger partial charge in [-0.3, -0.25) is 23.6 Å². The molecule has 1 aromatic carbocycles.